The number of anilines is 1. The Balaban J connectivity index is 2.88. The van der Waals surface area contributed by atoms with Gasteiger partial charge in [0.2, 0.25) is 0 Å². The smallest absolute Gasteiger partial charge is 0.253 e. The van der Waals surface area contributed by atoms with Gasteiger partial charge in [-0.15, -0.1) is 0 Å². The molecule has 118 valence electrons. The Hall–Kier alpha value is -1.59. The maximum absolute atomic E-state index is 12.5. The van der Waals surface area contributed by atoms with E-state index in [-0.39, 0.29) is 11.9 Å². The van der Waals surface area contributed by atoms with Crippen LogP contribution in [0, 0.1) is 12.8 Å². The molecule has 1 atom stereocenters. The highest BCUT2D eigenvalue weighted by molar-refractivity contribution is 5.99. The third-order valence-corrected chi connectivity index (χ3v) is 3.25. The molecular formula is C16H28N4O. The fourth-order valence-corrected chi connectivity index (χ4v) is 2.42. The summed E-state index contributed by atoms with van der Waals surface area (Å²) in [4.78, 5) is 14.6. The Bertz CT molecular complexity index is 461. The molecule has 0 saturated heterocycles. The molecule has 0 heterocycles. The maximum atomic E-state index is 12.5. The summed E-state index contributed by atoms with van der Waals surface area (Å²) in [6, 6.07) is 5.73. The van der Waals surface area contributed by atoms with Gasteiger partial charge in [0.1, 0.15) is 0 Å². The van der Waals surface area contributed by atoms with Gasteiger partial charge in [-0.3, -0.25) is 10.6 Å². The fraction of sp³-hybridized carbons (Fsp3) is 0.562. The third-order valence-electron chi connectivity index (χ3n) is 3.25. The van der Waals surface area contributed by atoms with E-state index in [4.69, 9.17) is 5.84 Å². The number of hydrogen-bond acceptors (Lipinski definition) is 4. The summed E-state index contributed by atoms with van der Waals surface area (Å²) in [5, 5.41) is 3.12. The Kier molecular flexibility index (Phi) is 6.65. The quantitative estimate of drug-likeness (QED) is 0.531. The van der Waals surface area contributed by atoms with Crippen molar-refractivity contribution in [3.05, 3.63) is 29.3 Å². The number of carbonyl (C=O) groups is 1. The first-order chi connectivity index (χ1) is 9.83. The van der Waals surface area contributed by atoms with E-state index in [9.17, 15) is 4.79 Å². The minimum absolute atomic E-state index is 0.0841. The van der Waals surface area contributed by atoms with E-state index in [0.29, 0.717) is 17.2 Å². The molecule has 0 bridgehead atoms. The van der Waals surface area contributed by atoms with Crippen molar-refractivity contribution in [3.63, 3.8) is 0 Å². The van der Waals surface area contributed by atoms with Crippen molar-refractivity contribution in [1.82, 2.24) is 10.2 Å². The predicted octanol–water partition coefficient (Wildman–Crippen LogP) is 1.99. The van der Waals surface area contributed by atoms with Gasteiger partial charge in [0.25, 0.3) is 5.91 Å². The molecule has 0 spiro atoms. The standard InChI is InChI=1S/C16H28N4O/c1-11(2)8-13(10-20(4)5)18-16(21)14-9-12(3)6-7-15(14)19-17/h6-7,9,11,13,19H,8,10,17H2,1-5H3,(H,18,21). The highest BCUT2D eigenvalue weighted by atomic mass is 16.1. The number of amides is 1. The molecule has 0 aliphatic rings. The number of carbonyl (C=O) groups excluding carboxylic acids is 1. The SMILES string of the molecule is Cc1ccc(NN)c(C(=O)NC(CC(C)C)CN(C)C)c1. The molecule has 1 unspecified atom stereocenters. The van der Waals surface area contributed by atoms with Gasteiger partial charge < -0.3 is 15.6 Å². The van der Waals surface area contributed by atoms with Gasteiger partial charge in [0.05, 0.1) is 11.3 Å². The Morgan fingerprint density at radius 1 is 1.33 bits per heavy atom. The van der Waals surface area contributed by atoms with Gasteiger partial charge in [-0.2, -0.15) is 0 Å². The minimum Gasteiger partial charge on any atom is -0.348 e. The van der Waals surface area contributed by atoms with E-state index in [2.05, 4.69) is 29.5 Å². The summed E-state index contributed by atoms with van der Waals surface area (Å²) in [5.74, 6) is 5.94. The topological polar surface area (TPSA) is 70.4 Å². The number of aryl methyl sites for hydroxylation is 1. The zero-order chi connectivity index (χ0) is 16.0. The van der Waals surface area contributed by atoms with Gasteiger partial charge in [0, 0.05) is 12.6 Å². The van der Waals surface area contributed by atoms with Crippen LogP contribution in [0.1, 0.15) is 36.2 Å². The van der Waals surface area contributed by atoms with Crippen LogP contribution >= 0.6 is 0 Å². The largest absolute Gasteiger partial charge is 0.348 e. The van der Waals surface area contributed by atoms with Crippen LogP contribution in [0.25, 0.3) is 0 Å². The van der Waals surface area contributed by atoms with Gasteiger partial charge >= 0.3 is 0 Å². The summed E-state index contributed by atoms with van der Waals surface area (Å²) in [5.41, 5.74) is 4.85. The monoisotopic (exact) mass is 292 g/mol. The molecule has 5 heteroatoms. The number of benzene rings is 1. The molecule has 0 fully saturated rings. The normalized spacial score (nSPS) is 12.6. The number of rotatable bonds is 7. The first-order valence-corrected chi connectivity index (χ1v) is 7.36. The lowest BCUT2D eigenvalue weighted by molar-refractivity contribution is 0.0925. The molecular weight excluding hydrogens is 264 g/mol. The third kappa shape index (κ3) is 5.73. The molecule has 0 aliphatic heterocycles. The Morgan fingerprint density at radius 2 is 2.00 bits per heavy atom. The van der Waals surface area contributed by atoms with Crippen LogP contribution in [0.15, 0.2) is 18.2 Å². The maximum Gasteiger partial charge on any atom is 0.253 e. The number of nitrogens with one attached hydrogen (secondary N) is 2. The number of hydrogen-bond donors (Lipinski definition) is 3. The Labute approximate surface area is 127 Å². The molecule has 21 heavy (non-hydrogen) atoms. The van der Waals surface area contributed by atoms with Crippen molar-refractivity contribution >= 4 is 11.6 Å². The molecule has 0 aliphatic carbocycles. The zero-order valence-corrected chi connectivity index (χ0v) is 13.7. The Morgan fingerprint density at radius 3 is 2.52 bits per heavy atom. The summed E-state index contributed by atoms with van der Waals surface area (Å²) < 4.78 is 0. The molecule has 1 rings (SSSR count). The molecule has 1 aromatic carbocycles. The fourth-order valence-electron chi connectivity index (χ4n) is 2.42. The van der Waals surface area contributed by atoms with Crippen LogP contribution in [0.2, 0.25) is 0 Å². The van der Waals surface area contributed by atoms with E-state index in [1.807, 2.05) is 39.2 Å². The molecule has 0 aromatic heterocycles. The van der Waals surface area contributed by atoms with Gasteiger partial charge in [-0.1, -0.05) is 25.5 Å². The molecule has 0 saturated carbocycles. The minimum atomic E-state index is -0.0841. The van der Waals surface area contributed by atoms with Crippen molar-refractivity contribution in [2.45, 2.75) is 33.2 Å². The number of nitrogens with zero attached hydrogens (tertiary/aromatic N) is 1. The molecule has 5 nitrogen and oxygen atoms in total. The second kappa shape index (κ2) is 8.00. The van der Waals surface area contributed by atoms with Crippen LogP contribution in [-0.2, 0) is 0 Å². The number of nitrogens with two attached hydrogens (primary N) is 1. The van der Waals surface area contributed by atoms with Crippen LogP contribution in [0.3, 0.4) is 0 Å². The number of likely N-dealkylation sites (N-methyl/N-ethyl adjacent to an activating group) is 1. The van der Waals surface area contributed by atoms with Crippen molar-refractivity contribution in [3.8, 4) is 0 Å². The van der Waals surface area contributed by atoms with E-state index in [1.165, 1.54) is 0 Å². The van der Waals surface area contributed by atoms with Gasteiger partial charge in [-0.25, -0.2) is 0 Å². The lowest BCUT2D eigenvalue weighted by atomic mass is 10.0. The first kappa shape index (κ1) is 17.5. The molecule has 4 N–H and O–H groups in total. The van der Waals surface area contributed by atoms with Crippen molar-refractivity contribution in [1.29, 1.82) is 0 Å². The summed E-state index contributed by atoms with van der Waals surface area (Å²) in [6.07, 6.45) is 0.946. The predicted molar refractivity (Wildman–Crippen MR) is 88.3 cm³/mol. The van der Waals surface area contributed by atoms with Crippen LogP contribution in [0.5, 0.6) is 0 Å². The van der Waals surface area contributed by atoms with E-state index >= 15 is 0 Å². The second-order valence-electron chi connectivity index (χ2n) is 6.26. The number of nitrogen functional groups attached to an aromatic ring is 1. The van der Waals surface area contributed by atoms with Crippen molar-refractivity contribution < 1.29 is 4.79 Å². The van der Waals surface area contributed by atoms with Crippen molar-refractivity contribution in [2.75, 3.05) is 26.1 Å². The lowest BCUT2D eigenvalue weighted by Gasteiger charge is -2.24. The second-order valence-corrected chi connectivity index (χ2v) is 6.26. The van der Waals surface area contributed by atoms with E-state index < -0.39 is 0 Å². The average molecular weight is 292 g/mol. The highest BCUT2D eigenvalue weighted by Gasteiger charge is 2.18. The van der Waals surface area contributed by atoms with Crippen molar-refractivity contribution in [2.24, 2.45) is 11.8 Å². The molecule has 1 amide bonds. The van der Waals surface area contributed by atoms with Gasteiger partial charge in [-0.05, 0) is 45.5 Å². The van der Waals surface area contributed by atoms with E-state index in [0.717, 1.165) is 18.5 Å². The van der Waals surface area contributed by atoms with Gasteiger partial charge in [0.15, 0.2) is 0 Å². The van der Waals surface area contributed by atoms with Crippen LogP contribution in [-0.4, -0.2) is 37.5 Å². The average Bonchev–Trinajstić information content (AvgIpc) is 2.36. The lowest BCUT2D eigenvalue weighted by Crippen LogP contribution is -2.42. The van der Waals surface area contributed by atoms with Crippen LogP contribution in [0.4, 0.5) is 5.69 Å². The van der Waals surface area contributed by atoms with E-state index in [1.54, 1.807) is 0 Å². The zero-order valence-electron chi connectivity index (χ0n) is 13.7. The first-order valence-electron chi connectivity index (χ1n) is 7.36. The summed E-state index contributed by atoms with van der Waals surface area (Å²) >= 11 is 0. The molecule has 1 aromatic rings. The summed E-state index contributed by atoms with van der Waals surface area (Å²) in [6.45, 7) is 7.10. The highest BCUT2D eigenvalue weighted by Crippen LogP contribution is 2.17. The number of hydrazine groups is 1. The summed E-state index contributed by atoms with van der Waals surface area (Å²) in [7, 11) is 4.03. The molecule has 0 radical (unpaired) electrons. The van der Waals surface area contributed by atoms with Crippen LogP contribution < -0.4 is 16.6 Å².